The number of carbonyl (C=O) groups excluding carboxylic acids is 2. The van der Waals surface area contributed by atoms with Crippen LogP contribution in [0.15, 0.2) is 77.4 Å². The fourth-order valence-electron chi connectivity index (χ4n) is 4.21. The van der Waals surface area contributed by atoms with E-state index in [0.717, 1.165) is 16.0 Å². The van der Waals surface area contributed by atoms with Crippen LogP contribution in [0.25, 0.3) is 10.6 Å². The van der Waals surface area contributed by atoms with Crippen molar-refractivity contribution in [2.45, 2.75) is 26.4 Å². The van der Waals surface area contributed by atoms with Gasteiger partial charge in [0.25, 0.3) is 5.91 Å². The summed E-state index contributed by atoms with van der Waals surface area (Å²) in [5, 5.41) is 13.5. The number of benzene rings is 2. The fraction of sp³-hybridized carbons (Fsp3) is 0.148. The summed E-state index contributed by atoms with van der Waals surface area (Å²) in [6.45, 7) is 3.79. The number of thiophene rings is 1. The molecule has 5 nitrogen and oxygen atoms in total. The molecular formula is C27H21FN2O3S2. The molecule has 2 aromatic carbocycles. The molecule has 0 aliphatic carbocycles. The normalized spacial score (nSPS) is 15.8. The van der Waals surface area contributed by atoms with Gasteiger partial charge in [-0.05, 0) is 48.6 Å². The van der Waals surface area contributed by atoms with Crippen molar-refractivity contribution in [3.63, 3.8) is 0 Å². The second kappa shape index (κ2) is 9.20. The van der Waals surface area contributed by atoms with Gasteiger partial charge < -0.3 is 10.0 Å². The largest absolute Gasteiger partial charge is 0.503 e. The number of amides is 1. The van der Waals surface area contributed by atoms with Gasteiger partial charge in [-0.3, -0.25) is 9.59 Å². The lowest BCUT2D eigenvalue weighted by Gasteiger charge is -2.26. The van der Waals surface area contributed by atoms with Crippen LogP contribution in [0.2, 0.25) is 0 Å². The van der Waals surface area contributed by atoms with Gasteiger partial charge in [0.05, 0.1) is 16.1 Å². The Kier molecular flexibility index (Phi) is 6.08. The van der Waals surface area contributed by atoms with Gasteiger partial charge in [0.2, 0.25) is 5.78 Å². The van der Waals surface area contributed by atoms with Crippen molar-refractivity contribution >= 4 is 34.4 Å². The number of carbonyl (C=O) groups is 2. The Morgan fingerprint density at radius 3 is 2.46 bits per heavy atom. The number of aryl methyl sites for hydroxylation is 2. The number of ketones is 1. The van der Waals surface area contributed by atoms with Crippen molar-refractivity contribution < 1.29 is 19.1 Å². The Labute approximate surface area is 209 Å². The van der Waals surface area contributed by atoms with Crippen molar-refractivity contribution in [2.75, 3.05) is 0 Å². The number of halogens is 1. The average molecular weight is 505 g/mol. The average Bonchev–Trinajstić information content (AvgIpc) is 3.52. The molecule has 35 heavy (non-hydrogen) atoms. The number of thiazole rings is 1. The molecule has 176 valence electrons. The summed E-state index contributed by atoms with van der Waals surface area (Å²) < 4.78 is 13.4. The van der Waals surface area contributed by atoms with Crippen LogP contribution >= 0.6 is 22.7 Å². The van der Waals surface area contributed by atoms with Gasteiger partial charge in [-0.25, -0.2) is 9.37 Å². The van der Waals surface area contributed by atoms with Crippen LogP contribution in [0.1, 0.15) is 37.4 Å². The molecule has 4 aromatic rings. The molecule has 1 aliphatic heterocycles. The van der Waals surface area contributed by atoms with E-state index in [4.69, 9.17) is 0 Å². The summed E-state index contributed by atoms with van der Waals surface area (Å²) in [6, 6.07) is 16.6. The predicted octanol–water partition coefficient (Wildman–Crippen LogP) is 6.41. The summed E-state index contributed by atoms with van der Waals surface area (Å²) in [5.74, 6) is -1.96. The lowest BCUT2D eigenvalue weighted by atomic mass is 9.98. The maximum absolute atomic E-state index is 13.9. The number of hydrogen-bond acceptors (Lipinski definition) is 6. The highest BCUT2D eigenvalue weighted by molar-refractivity contribution is 7.17. The minimum Gasteiger partial charge on any atom is -0.503 e. The number of nitrogens with zero attached hydrogens (tertiary/aromatic N) is 2. The van der Waals surface area contributed by atoms with Crippen LogP contribution in [0, 0.1) is 19.7 Å². The van der Waals surface area contributed by atoms with Crippen LogP contribution in [-0.2, 0) is 11.3 Å². The lowest BCUT2D eigenvalue weighted by molar-refractivity contribution is -0.130. The minimum atomic E-state index is -0.748. The molecule has 0 bridgehead atoms. The molecule has 1 unspecified atom stereocenters. The number of aliphatic hydroxyl groups excluding tert-OH is 1. The third-order valence-electron chi connectivity index (χ3n) is 5.99. The smallest absolute Gasteiger partial charge is 0.290 e. The first kappa shape index (κ1) is 23.1. The first-order chi connectivity index (χ1) is 16.8. The standard InChI is InChI=1S/C27H21FN2O3S2/c1-15-12-13-34-24(15)21-20(23(32)27(33)30(21)14-17-8-10-19(28)11-9-17)22(31)25-16(2)29-26(35-25)18-6-4-3-5-7-18/h3-13,21,32H,14H2,1-2H3. The molecule has 0 spiro atoms. The third kappa shape index (κ3) is 4.19. The van der Waals surface area contributed by atoms with E-state index in [0.29, 0.717) is 21.1 Å². The van der Waals surface area contributed by atoms with Gasteiger partial charge in [0, 0.05) is 17.0 Å². The van der Waals surface area contributed by atoms with Gasteiger partial charge in [-0.2, -0.15) is 0 Å². The van der Waals surface area contributed by atoms with Crippen LogP contribution in [-0.4, -0.2) is 26.7 Å². The van der Waals surface area contributed by atoms with E-state index in [1.54, 1.807) is 19.1 Å². The van der Waals surface area contributed by atoms with Crippen molar-refractivity contribution in [3.05, 3.63) is 110 Å². The second-order valence-corrected chi connectivity index (χ2v) is 10.3. The van der Waals surface area contributed by atoms with Gasteiger partial charge >= 0.3 is 0 Å². The first-order valence-electron chi connectivity index (χ1n) is 10.9. The highest BCUT2D eigenvalue weighted by Crippen LogP contribution is 2.44. The Bertz CT molecular complexity index is 1460. The third-order valence-corrected chi connectivity index (χ3v) is 8.26. The molecule has 1 atom stereocenters. The quantitative estimate of drug-likeness (QED) is 0.308. The van der Waals surface area contributed by atoms with E-state index >= 15 is 0 Å². The minimum absolute atomic E-state index is 0.0500. The Morgan fingerprint density at radius 1 is 1.09 bits per heavy atom. The number of aliphatic hydroxyl groups is 1. The van der Waals surface area contributed by atoms with E-state index < -0.39 is 23.5 Å². The maximum atomic E-state index is 13.9. The van der Waals surface area contributed by atoms with Crippen LogP contribution in [0.5, 0.6) is 0 Å². The molecule has 3 heterocycles. The van der Waals surface area contributed by atoms with Crippen molar-refractivity contribution in [3.8, 4) is 10.6 Å². The van der Waals surface area contributed by atoms with Gasteiger partial charge in [-0.15, -0.1) is 22.7 Å². The van der Waals surface area contributed by atoms with E-state index in [1.807, 2.05) is 48.7 Å². The number of Topliss-reactive ketones (excluding diaryl/α,β-unsaturated/α-hetero) is 1. The highest BCUT2D eigenvalue weighted by Gasteiger charge is 2.45. The molecular weight excluding hydrogens is 483 g/mol. The zero-order valence-electron chi connectivity index (χ0n) is 19.0. The highest BCUT2D eigenvalue weighted by atomic mass is 32.1. The predicted molar refractivity (Wildman–Crippen MR) is 135 cm³/mol. The van der Waals surface area contributed by atoms with E-state index in [2.05, 4.69) is 4.98 Å². The van der Waals surface area contributed by atoms with Crippen LogP contribution in [0.4, 0.5) is 4.39 Å². The molecule has 1 aliphatic rings. The molecule has 0 saturated heterocycles. The first-order valence-corrected chi connectivity index (χ1v) is 12.6. The summed E-state index contributed by atoms with van der Waals surface area (Å²) in [4.78, 5) is 34.3. The van der Waals surface area contributed by atoms with Crippen molar-refractivity contribution in [1.29, 1.82) is 0 Å². The van der Waals surface area contributed by atoms with Crippen molar-refractivity contribution in [1.82, 2.24) is 9.88 Å². The molecule has 0 fully saturated rings. The zero-order valence-corrected chi connectivity index (χ0v) is 20.6. The number of rotatable bonds is 6. The van der Waals surface area contributed by atoms with E-state index in [9.17, 15) is 19.1 Å². The SMILES string of the molecule is Cc1ccsc1C1C(C(=O)c2sc(-c3ccccc3)nc2C)=C(O)C(=O)N1Cc1ccc(F)cc1. The molecule has 0 radical (unpaired) electrons. The van der Waals surface area contributed by atoms with Crippen LogP contribution < -0.4 is 0 Å². The molecule has 5 rings (SSSR count). The van der Waals surface area contributed by atoms with Gasteiger partial charge in [-0.1, -0.05) is 42.5 Å². The Morgan fingerprint density at radius 2 is 1.80 bits per heavy atom. The van der Waals surface area contributed by atoms with E-state index in [1.165, 1.54) is 39.7 Å². The maximum Gasteiger partial charge on any atom is 0.290 e. The van der Waals surface area contributed by atoms with E-state index in [-0.39, 0.29) is 17.9 Å². The Hall–Kier alpha value is -3.62. The Balaban J connectivity index is 1.57. The summed E-state index contributed by atoms with van der Waals surface area (Å²) in [6.07, 6.45) is 0. The molecule has 1 N–H and O–H groups in total. The lowest BCUT2D eigenvalue weighted by Crippen LogP contribution is -2.30. The van der Waals surface area contributed by atoms with Gasteiger partial charge in [0.15, 0.2) is 5.76 Å². The number of hydrogen-bond donors (Lipinski definition) is 1. The van der Waals surface area contributed by atoms with Crippen LogP contribution in [0.3, 0.4) is 0 Å². The topological polar surface area (TPSA) is 70.5 Å². The summed E-state index contributed by atoms with van der Waals surface area (Å²) in [7, 11) is 0. The monoisotopic (exact) mass is 504 g/mol. The summed E-state index contributed by atoms with van der Waals surface area (Å²) >= 11 is 2.67. The molecule has 0 saturated carbocycles. The van der Waals surface area contributed by atoms with Gasteiger partial charge in [0.1, 0.15) is 16.9 Å². The van der Waals surface area contributed by atoms with Crippen molar-refractivity contribution in [2.24, 2.45) is 0 Å². The molecule has 1 amide bonds. The summed E-state index contributed by atoms with van der Waals surface area (Å²) in [5.41, 5.74) is 3.10. The fourth-order valence-corrected chi connectivity index (χ4v) is 6.28. The number of aromatic nitrogens is 1. The molecule has 2 aromatic heterocycles. The molecule has 8 heteroatoms. The second-order valence-electron chi connectivity index (χ2n) is 8.32. The zero-order chi connectivity index (χ0) is 24.7.